The van der Waals surface area contributed by atoms with Gasteiger partial charge in [0.05, 0.1) is 12.7 Å². The average molecular weight is 239 g/mol. The van der Waals surface area contributed by atoms with Gasteiger partial charge in [-0.15, -0.1) is 0 Å². The molecule has 1 fully saturated rings. The first-order valence-electron chi connectivity index (χ1n) is 5.37. The molecule has 86 valence electrons. The zero-order valence-corrected chi connectivity index (χ0v) is 10.5. The van der Waals surface area contributed by atoms with Crippen LogP contribution < -0.4 is 4.74 Å². The second kappa shape index (κ2) is 3.77. The molecule has 0 atom stereocenters. The summed E-state index contributed by atoms with van der Waals surface area (Å²) in [7, 11) is 1.59. The Morgan fingerprint density at radius 1 is 1.44 bits per heavy atom. The van der Waals surface area contributed by atoms with Gasteiger partial charge in [-0.1, -0.05) is 18.5 Å². The van der Waals surface area contributed by atoms with Crippen molar-refractivity contribution in [1.82, 2.24) is 0 Å². The van der Waals surface area contributed by atoms with Crippen LogP contribution in [0.15, 0.2) is 12.1 Å². The van der Waals surface area contributed by atoms with Crippen LogP contribution in [0.1, 0.15) is 35.7 Å². The Bertz CT molecular complexity index is 447. The number of hydrogen-bond acceptors (Lipinski definition) is 2. The lowest BCUT2D eigenvalue weighted by atomic mass is 9.94. The lowest BCUT2D eigenvalue weighted by molar-refractivity contribution is 0.0909. The van der Waals surface area contributed by atoms with Gasteiger partial charge >= 0.3 is 0 Å². The molecule has 2 rings (SSSR count). The summed E-state index contributed by atoms with van der Waals surface area (Å²) in [6, 6.07) is 3.52. The quantitative estimate of drug-likeness (QED) is 0.752. The highest BCUT2D eigenvalue weighted by Crippen LogP contribution is 2.49. The fraction of sp³-hybridized carbons (Fsp3) is 0.462. The fourth-order valence-electron chi connectivity index (χ4n) is 1.91. The third-order valence-electron chi connectivity index (χ3n) is 3.24. The van der Waals surface area contributed by atoms with Gasteiger partial charge in [-0.05, 0) is 37.5 Å². The van der Waals surface area contributed by atoms with Gasteiger partial charge in [0.1, 0.15) is 5.75 Å². The highest BCUT2D eigenvalue weighted by atomic mass is 35.5. The summed E-state index contributed by atoms with van der Waals surface area (Å²) >= 11 is 5.99. The van der Waals surface area contributed by atoms with Gasteiger partial charge in [-0.25, -0.2) is 0 Å². The van der Waals surface area contributed by atoms with Crippen LogP contribution in [0.4, 0.5) is 0 Å². The highest BCUT2D eigenvalue weighted by Gasteiger charge is 2.46. The molecule has 0 heterocycles. The molecule has 0 N–H and O–H groups in total. The summed E-state index contributed by atoms with van der Waals surface area (Å²) in [5.74, 6) is 0.803. The standard InChI is InChI=1S/C13H15ClO2/c1-8-6-9(14)7-10(11(8)16-3)12(15)13(2)4-5-13/h6-7H,4-5H2,1-3H3. The Morgan fingerprint density at radius 2 is 2.06 bits per heavy atom. The van der Waals surface area contributed by atoms with Gasteiger partial charge in [0, 0.05) is 10.4 Å². The summed E-state index contributed by atoms with van der Waals surface area (Å²) in [5, 5.41) is 0.589. The molecule has 1 aromatic carbocycles. The number of hydrogen-bond donors (Lipinski definition) is 0. The zero-order valence-electron chi connectivity index (χ0n) is 9.76. The largest absolute Gasteiger partial charge is 0.496 e. The van der Waals surface area contributed by atoms with Crippen LogP contribution in [0.3, 0.4) is 0 Å². The Hall–Kier alpha value is -1.02. The van der Waals surface area contributed by atoms with E-state index in [0.717, 1.165) is 18.4 Å². The molecule has 0 bridgehead atoms. The van der Waals surface area contributed by atoms with Crippen molar-refractivity contribution in [3.8, 4) is 5.75 Å². The van der Waals surface area contributed by atoms with Gasteiger partial charge in [-0.2, -0.15) is 0 Å². The predicted octanol–water partition coefficient (Wildman–Crippen LogP) is 3.64. The highest BCUT2D eigenvalue weighted by molar-refractivity contribution is 6.31. The molecule has 1 saturated carbocycles. The Kier molecular flexibility index (Phi) is 2.70. The van der Waals surface area contributed by atoms with Crippen LogP contribution >= 0.6 is 11.6 Å². The molecule has 0 aliphatic heterocycles. The topological polar surface area (TPSA) is 26.3 Å². The Morgan fingerprint density at radius 3 is 2.56 bits per heavy atom. The molecule has 3 heteroatoms. The van der Waals surface area contributed by atoms with Crippen molar-refractivity contribution in [2.24, 2.45) is 5.41 Å². The minimum atomic E-state index is -0.190. The van der Waals surface area contributed by atoms with Gasteiger partial charge < -0.3 is 4.74 Å². The monoisotopic (exact) mass is 238 g/mol. The maximum absolute atomic E-state index is 12.3. The van der Waals surface area contributed by atoms with Gasteiger partial charge in [0.2, 0.25) is 0 Å². The lowest BCUT2D eigenvalue weighted by Crippen LogP contribution is -2.13. The van der Waals surface area contributed by atoms with E-state index in [9.17, 15) is 4.79 Å². The molecule has 16 heavy (non-hydrogen) atoms. The van der Waals surface area contributed by atoms with Crippen LogP contribution in [0.25, 0.3) is 0 Å². The van der Waals surface area contributed by atoms with E-state index in [2.05, 4.69) is 0 Å². The molecule has 1 aliphatic rings. The molecule has 0 saturated heterocycles. The van der Waals surface area contributed by atoms with Crippen LogP contribution in [-0.2, 0) is 0 Å². The van der Waals surface area contributed by atoms with E-state index in [1.807, 2.05) is 19.9 Å². The number of aryl methyl sites for hydroxylation is 1. The van der Waals surface area contributed by atoms with E-state index in [4.69, 9.17) is 16.3 Å². The van der Waals surface area contributed by atoms with Gasteiger partial charge in [-0.3, -0.25) is 4.79 Å². The molecular formula is C13H15ClO2. The first-order chi connectivity index (χ1) is 7.48. The van der Waals surface area contributed by atoms with Crippen molar-refractivity contribution in [3.05, 3.63) is 28.3 Å². The molecule has 0 unspecified atom stereocenters. The van der Waals surface area contributed by atoms with E-state index >= 15 is 0 Å². The van der Waals surface area contributed by atoms with Crippen molar-refractivity contribution in [2.45, 2.75) is 26.7 Å². The molecule has 1 aromatic rings. The smallest absolute Gasteiger partial charge is 0.172 e. The lowest BCUT2D eigenvalue weighted by Gasteiger charge is -2.14. The first kappa shape index (κ1) is 11.5. The number of rotatable bonds is 3. The minimum Gasteiger partial charge on any atom is -0.496 e. The van der Waals surface area contributed by atoms with Crippen molar-refractivity contribution in [1.29, 1.82) is 0 Å². The predicted molar refractivity (Wildman–Crippen MR) is 64.4 cm³/mol. The van der Waals surface area contributed by atoms with Crippen molar-refractivity contribution < 1.29 is 9.53 Å². The van der Waals surface area contributed by atoms with Crippen molar-refractivity contribution in [2.75, 3.05) is 7.11 Å². The third-order valence-corrected chi connectivity index (χ3v) is 3.45. The molecule has 0 spiro atoms. The number of Topliss-reactive ketones (excluding diaryl/α,β-unsaturated/α-hetero) is 1. The Balaban J connectivity index is 2.50. The normalized spacial score (nSPS) is 17.0. The van der Waals surface area contributed by atoms with Crippen molar-refractivity contribution >= 4 is 17.4 Å². The maximum Gasteiger partial charge on any atom is 0.172 e. The first-order valence-corrected chi connectivity index (χ1v) is 5.75. The summed E-state index contributed by atoms with van der Waals surface area (Å²) < 4.78 is 5.30. The van der Waals surface area contributed by atoms with Crippen LogP contribution in [0.2, 0.25) is 5.02 Å². The number of halogens is 1. The van der Waals surface area contributed by atoms with Crippen LogP contribution in [0, 0.1) is 12.3 Å². The number of carbonyl (C=O) groups excluding carboxylic acids is 1. The molecular weight excluding hydrogens is 224 g/mol. The van der Waals surface area contributed by atoms with Gasteiger partial charge in [0.15, 0.2) is 5.78 Å². The maximum atomic E-state index is 12.3. The van der Waals surface area contributed by atoms with Gasteiger partial charge in [0.25, 0.3) is 0 Å². The SMILES string of the molecule is COc1c(C)cc(Cl)cc1C(=O)C1(C)CC1. The van der Waals surface area contributed by atoms with E-state index in [1.165, 1.54) is 0 Å². The number of carbonyl (C=O) groups is 1. The number of benzene rings is 1. The second-order valence-corrected chi connectivity index (χ2v) is 5.13. The zero-order chi connectivity index (χ0) is 11.9. The van der Waals surface area contributed by atoms with Crippen molar-refractivity contribution in [3.63, 3.8) is 0 Å². The fourth-order valence-corrected chi connectivity index (χ4v) is 2.18. The molecule has 1 aliphatic carbocycles. The Labute approximate surface area is 101 Å². The van der Waals surface area contributed by atoms with E-state index in [-0.39, 0.29) is 11.2 Å². The molecule has 2 nitrogen and oxygen atoms in total. The van der Waals surface area contributed by atoms with Crippen LogP contribution in [-0.4, -0.2) is 12.9 Å². The second-order valence-electron chi connectivity index (χ2n) is 4.69. The van der Waals surface area contributed by atoms with E-state index in [0.29, 0.717) is 16.3 Å². The number of ketones is 1. The van der Waals surface area contributed by atoms with E-state index < -0.39 is 0 Å². The number of methoxy groups -OCH3 is 1. The summed E-state index contributed by atoms with van der Waals surface area (Å²) in [6.07, 6.45) is 1.92. The van der Waals surface area contributed by atoms with Crippen LogP contribution in [0.5, 0.6) is 5.75 Å². The summed E-state index contributed by atoms with van der Waals surface area (Å²) in [6.45, 7) is 3.89. The molecule has 0 aromatic heterocycles. The molecule has 0 radical (unpaired) electrons. The minimum absolute atomic E-state index is 0.148. The van der Waals surface area contributed by atoms with E-state index in [1.54, 1.807) is 13.2 Å². The summed E-state index contributed by atoms with van der Waals surface area (Å²) in [4.78, 5) is 12.3. The summed E-state index contributed by atoms with van der Waals surface area (Å²) in [5.41, 5.74) is 1.33. The third kappa shape index (κ3) is 1.82. The molecule has 0 amide bonds. The average Bonchev–Trinajstić information content (AvgIpc) is 2.95. The number of ether oxygens (including phenoxy) is 1.